The molecule has 1 aromatic carbocycles. The Bertz CT molecular complexity index is 851. The summed E-state index contributed by atoms with van der Waals surface area (Å²) in [5, 5.41) is 3.42. The van der Waals surface area contributed by atoms with Gasteiger partial charge in [0.15, 0.2) is 0 Å². The van der Waals surface area contributed by atoms with Gasteiger partial charge in [-0.05, 0) is 44.1 Å². The van der Waals surface area contributed by atoms with E-state index in [1.807, 2.05) is 0 Å². The molecule has 0 aliphatic carbocycles. The number of benzene rings is 1. The molecule has 1 atom stereocenters. The van der Waals surface area contributed by atoms with Crippen molar-refractivity contribution < 1.29 is 0 Å². The Labute approximate surface area is 159 Å². The fourth-order valence-corrected chi connectivity index (χ4v) is 4.77. The summed E-state index contributed by atoms with van der Waals surface area (Å²) >= 11 is 1.71. The summed E-state index contributed by atoms with van der Waals surface area (Å²) in [6.45, 7) is 4.24. The fraction of sp³-hybridized carbons (Fsp3) is 0.429. The molecule has 0 radical (unpaired) electrons. The Morgan fingerprint density at radius 1 is 1.19 bits per heavy atom. The lowest BCUT2D eigenvalue weighted by atomic mass is 9.91. The highest BCUT2D eigenvalue weighted by molar-refractivity contribution is 7.17. The van der Waals surface area contributed by atoms with E-state index in [1.54, 1.807) is 17.7 Å². The summed E-state index contributed by atoms with van der Waals surface area (Å²) in [6, 6.07) is 10.9. The van der Waals surface area contributed by atoms with E-state index in [2.05, 4.69) is 57.5 Å². The standard InChI is InChI=1S/C21H26N4S/c1-15(22)7-8-16-9-11-25(12-10-16)20-19-18(17-5-3-2-4-6-17)13-26-21(19)24-14-23-20/h2-6,13-16H,7-12,22H2,1H3. The first kappa shape index (κ1) is 17.4. The van der Waals surface area contributed by atoms with Crippen LogP contribution >= 0.6 is 11.3 Å². The van der Waals surface area contributed by atoms with Crippen LogP contribution in [0, 0.1) is 5.92 Å². The van der Waals surface area contributed by atoms with Crippen molar-refractivity contribution >= 4 is 27.4 Å². The lowest BCUT2D eigenvalue weighted by Gasteiger charge is -2.33. The number of nitrogens with two attached hydrogens (primary N) is 1. The highest BCUT2D eigenvalue weighted by Gasteiger charge is 2.23. The molecule has 0 amide bonds. The molecule has 0 saturated carbocycles. The number of hydrogen-bond acceptors (Lipinski definition) is 5. The minimum Gasteiger partial charge on any atom is -0.356 e. The highest BCUT2D eigenvalue weighted by Crippen LogP contribution is 2.38. The fourth-order valence-electron chi connectivity index (χ4n) is 3.86. The van der Waals surface area contributed by atoms with E-state index in [9.17, 15) is 0 Å². The summed E-state index contributed by atoms with van der Waals surface area (Å²) in [4.78, 5) is 12.7. The van der Waals surface area contributed by atoms with Gasteiger partial charge < -0.3 is 10.6 Å². The predicted octanol–water partition coefficient (Wildman–Crippen LogP) is 4.70. The van der Waals surface area contributed by atoms with Gasteiger partial charge in [0.2, 0.25) is 0 Å². The van der Waals surface area contributed by atoms with Gasteiger partial charge in [-0.25, -0.2) is 9.97 Å². The number of piperidine rings is 1. The van der Waals surface area contributed by atoms with Gasteiger partial charge in [-0.3, -0.25) is 0 Å². The molecule has 0 spiro atoms. The van der Waals surface area contributed by atoms with E-state index in [4.69, 9.17) is 5.73 Å². The van der Waals surface area contributed by atoms with Gasteiger partial charge in [0.05, 0.1) is 5.39 Å². The third-order valence-electron chi connectivity index (χ3n) is 5.38. The molecule has 1 aliphatic heterocycles. The van der Waals surface area contributed by atoms with Crippen molar-refractivity contribution in [2.24, 2.45) is 11.7 Å². The maximum absolute atomic E-state index is 5.92. The normalized spacial score (nSPS) is 16.9. The Hall–Kier alpha value is -1.98. The minimum absolute atomic E-state index is 0.314. The van der Waals surface area contributed by atoms with Gasteiger partial charge in [-0.1, -0.05) is 30.3 Å². The Balaban J connectivity index is 1.59. The van der Waals surface area contributed by atoms with Gasteiger partial charge in [0, 0.05) is 30.1 Å². The average Bonchev–Trinajstić information content (AvgIpc) is 3.12. The largest absolute Gasteiger partial charge is 0.356 e. The lowest BCUT2D eigenvalue weighted by molar-refractivity contribution is 0.362. The molecule has 5 heteroatoms. The smallest absolute Gasteiger partial charge is 0.141 e. The van der Waals surface area contributed by atoms with Gasteiger partial charge in [-0.2, -0.15) is 0 Å². The van der Waals surface area contributed by atoms with E-state index in [0.717, 1.165) is 36.1 Å². The molecule has 1 unspecified atom stereocenters. The molecule has 1 saturated heterocycles. The molecule has 136 valence electrons. The summed E-state index contributed by atoms with van der Waals surface area (Å²) in [5.41, 5.74) is 8.41. The zero-order chi connectivity index (χ0) is 17.9. The zero-order valence-electron chi connectivity index (χ0n) is 15.3. The summed E-state index contributed by atoms with van der Waals surface area (Å²) in [7, 11) is 0. The van der Waals surface area contributed by atoms with Crippen LogP contribution in [-0.2, 0) is 0 Å². The van der Waals surface area contributed by atoms with Crippen LogP contribution in [0.15, 0.2) is 42.0 Å². The van der Waals surface area contributed by atoms with Gasteiger partial charge in [0.1, 0.15) is 17.0 Å². The molecule has 1 aliphatic rings. The van der Waals surface area contributed by atoms with E-state index in [-0.39, 0.29) is 0 Å². The van der Waals surface area contributed by atoms with Crippen LogP contribution in [0.4, 0.5) is 5.82 Å². The maximum Gasteiger partial charge on any atom is 0.141 e. The second-order valence-electron chi connectivity index (χ2n) is 7.38. The molecule has 26 heavy (non-hydrogen) atoms. The minimum atomic E-state index is 0.314. The Morgan fingerprint density at radius 2 is 1.96 bits per heavy atom. The first-order chi connectivity index (χ1) is 12.7. The lowest BCUT2D eigenvalue weighted by Crippen LogP contribution is -2.34. The molecule has 0 bridgehead atoms. The molecular weight excluding hydrogens is 340 g/mol. The predicted molar refractivity (Wildman–Crippen MR) is 111 cm³/mol. The second-order valence-corrected chi connectivity index (χ2v) is 8.24. The molecule has 3 heterocycles. The summed E-state index contributed by atoms with van der Waals surface area (Å²) in [5.74, 6) is 1.89. The van der Waals surface area contributed by atoms with Crippen LogP contribution in [0.3, 0.4) is 0 Å². The Morgan fingerprint density at radius 3 is 2.69 bits per heavy atom. The third kappa shape index (κ3) is 3.60. The van der Waals surface area contributed by atoms with Crippen molar-refractivity contribution in [2.45, 2.75) is 38.6 Å². The number of thiophene rings is 1. The van der Waals surface area contributed by atoms with Crippen LogP contribution in [0.1, 0.15) is 32.6 Å². The van der Waals surface area contributed by atoms with Crippen LogP contribution in [0.2, 0.25) is 0 Å². The quantitative estimate of drug-likeness (QED) is 0.711. The first-order valence-corrected chi connectivity index (χ1v) is 10.4. The third-order valence-corrected chi connectivity index (χ3v) is 6.27. The van der Waals surface area contributed by atoms with Gasteiger partial charge >= 0.3 is 0 Å². The highest BCUT2D eigenvalue weighted by atomic mass is 32.1. The molecule has 2 N–H and O–H groups in total. The molecule has 4 rings (SSSR count). The molecule has 3 aromatic rings. The average molecular weight is 367 g/mol. The van der Waals surface area contributed by atoms with Crippen molar-refractivity contribution in [1.29, 1.82) is 0 Å². The number of nitrogens with zero attached hydrogens (tertiary/aromatic N) is 3. The number of fused-ring (bicyclic) bond motifs is 1. The van der Waals surface area contributed by atoms with Crippen molar-refractivity contribution in [2.75, 3.05) is 18.0 Å². The molecule has 2 aromatic heterocycles. The van der Waals surface area contributed by atoms with E-state index < -0.39 is 0 Å². The second kappa shape index (κ2) is 7.72. The van der Waals surface area contributed by atoms with Crippen LogP contribution in [0.5, 0.6) is 0 Å². The molecule has 4 nitrogen and oxygen atoms in total. The monoisotopic (exact) mass is 366 g/mol. The molecule has 1 fully saturated rings. The van der Waals surface area contributed by atoms with Crippen molar-refractivity contribution in [3.63, 3.8) is 0 Å². The van der Waals surface area contributed by atoms with Crippen molar-refractivity contribution in [1.82, 2.24) is 9.97 Å². The first-order valence-electron chi connectivity index (χ1n) is 9.50. The van der Waals surface area contributed by atoms with Crippen LogP contribution in [-0.4, -0.2) is 29.1 Å². The van der Waals surface area contributed by atoms with Gasteiger partial charge in [-0.15, -0.1) is 11.3 Å². The van der Waals surface area contributed by atoms with E-state index in [1.165, 1.54) is 35.8 Å². The van der Waals surface area contributed by atoms with Crippen molar-refractivity contribution in [3.8, 4) is 11.1 Å². The van der Waals surface area contributed by atoms with E-state index in [0.29, 0.717) is 6.04 Å². The summed E-state index contributed by atoms with van der Waals surface area (Å²) < 4.78 is 0. The van der Waals surface area contributed by atoms with E-state index >= 15 is 0 Å². The number of rotatable bonds is 5. The molecular formula is C21H26N4S. The van der Waals surface area contributed by atoms with Crippen LogP contribution in [0.25, 0.3) is 21.3 Å². The topological polar surface area (TPSA) is 55.0 Å². The number of hydrogen-bond donors (Lipinski definition) is 1. The number of anilines is 1. The van der Waals surface area contributed by atoms with Gasteiger partial charge in [0.25, 0.3) is 0 Å². The Kier molecular flexibility index (Phi) is 5.18. The van der Waals surface area contributed by atoms with Crippen molar-refractivity contribution in [3.05, 3.63) is 42.0 Å². The number of aromatic nitrogens is 2. The maximum atomic E-state index is 5.92. The zero-order valence-corrected chi connectivity index (χ0v) is 16.1. The van der Waals surface area contributed by atoms with Crippen LogP contribution < -0.4 is 10.6 Å². The summed E-state index contributed by atoms with van der Waals surface area (Å²) in [6.07, 6.45) is 6.54. The SMILES string of the molecule is CC(N)CCC1CCN(c2ncnc3scc(-c4ccccc4)c23)CC1.